The molecule has 4 rings (SSSR count). The number of furan rings is 1. The normalized spacial score (nSPS) is 17.2. The molecule has 4 heterocycles. The van der Waals surface area contributed by atoms with Crippen LogP contribution in [0.15, 0.2) is 39.8 Å². The van der Waals surface area contributed by atoms with Gasteiger partial charge in [0.1, 0.15) is 11.3 Å². The predicted octanol–water partition coefficient (Wildman–Crippen LogP) is 2.73. The lowest BCUT2D eigenvalue weighted by atomic mass is 9.82. The molecule has 0 aliphatic carbocycles. The minimum absolute atomic E-state index is 0.176. The lowest BCUT2D eigenvalue weighted by molar-refractivity contribution is 0.118. The lowest BCUT2D eigenvalue weighted by Crippen LogP contribution is -2.39. The van der Waals surface area contributed by atoms with Gasteiger partial charge in [-0.15, -0.1) is 0 Å². The summed E-state index contributed by atoms with van der Waals surface area (Å²) in [5, 5.41) is 13.8. The fraction of sp³-hybridized carbons (Fsp3) is 0.375. The van der Waals surface area contributed by atoms with Crippen molar-refractivity contribution in [2.45, 2.75) is 18.8 Å². The fourth-order valence-electron chi connectivity index (χ4n) is 3.36. The zero-order valence-electron chi connectivity index (χ0n) is 12.8. The molecule has 3 aromatic heterocycles. The van der Waals surface area contributed by atoms with Crippen LogP contribution >= 0.6 is 0 Å². The van der Waals surface area contributed by atoms with Gasteiger partial charge in [-0.25, -0.2) is 4.79 Å². The van der Waals surface area contributed by atoms with Gasteiger partial charge in [-0.1, -0.05) is 5.16 Å². The van der Waals surface area contributed by atoms with Crippen molar-refractivity contribution in [2.75, 3.05) is 13.1 Å². The molecule has 124 valence electrons. The first-order valence-electron chi connectivity index (χ1n) is 7.80. The maximum absolute atomic E-state index is 11.1. The number of hydrogen-bond donors (Lipinski definition) is 1. The van der Waals surface area contributed by atoms with E-state index in [1.807, 2.05) is 12.1 Å². The summed E-state index contributed by atoms with van der Waals surface area (Å²) >= 11 is 0. The van der Waals surface area contributed by atoms with Crippen molar-refractivity contribution in [3.05, 3.63) is 42.5 Å². The molecule has 1 amide bonds. The van der Waals surface area contributed by atoms with Gasteiger partial charge < -0.3 is 18.9 Å². The van der Waals surface area contributed by atoms with Crippen LogP contribution in [0.2, 0.25) is 0 Å². The molecule has 1 N–H and O–H groups in total. The Morgan fingerprint density at radius 3 is 2.88 bits per heavy atom. The predicted molar refractivity (Wildman–Crippen MR) is 82.5 cm³/mol. The quantitative estimate of drug-likeness (QED) is 0.788. The van der Waals surface area contributed by atoms with E-state index in [4.69, 9.17) is 14.0 Å². The average molecular weight is 328 g/mol. The Morgan fingerprint density at radius 2 is 2.21 bits per heavy atom. The van der Waals surface area contributed by atoms with Crippen LogP contribution in [0.4, 0.5) is 4.79 Å². The second-order valence-corrected chi connectivity index (χ2v) is 5.93. The van der Waals surface area contributed by atoms with Gasteiger partial charge in [0.2, 0.25) is 5.89 Å². The molecule has 1 unspecified atom stereocenters. The number of aromatic nitrogens is 3. The van der Waals surface area contributed by atoms with Crippen molar-refractivity contribution in [3.63, 3.8) is 0 Å². The monoisotopic (exact) mass is 328 g/mol. The summed E-state index contributed by atoms with van der Waals surface area (Å²) < 4.78 is 11.3. The van der Waals surface area contributed by atoms with Gasteiger partial charge in [0.15, 0.2) is 6.33 Å². The molecule has 1 aliphatic heterocycles. The smallest absolute Gasteiger partial charge is 0.407 e. The number of likely N-dealkylation sites (tertiary alicyclic amines) is 1. The van der Waals surface area contributed by atoms with E-state index in [0.29, 0.717) is 31.8 Å². The summed E-state index contributed by atoms with van der Waals surface area (Å²) in [6.07, 6.45) is 5.36. The van der Waals surface area contributed by atoms with E-state index in [1.165, 1.54) is 11.2 Å². The molecule has 0 radical (unpaired) electrons. The summed E-state index contributed by atoms with van der Waals surface area (Å²) in [4.78, 5) is 20.9. The van der Waals surface area contributed by atoms with Crippen LogP contribution in [0.3, 0.4) is 0 Å². The largest absolute Gasteiger partial charge is 0.465 e. The fourth-order valence-corrected chi connectivity index (χ4v) is 3.36. The highest BCUT2D eigenvalue weighted by molar-refractivity contribution is 5.76. The van der Waals surface area contributed by atoms with Crippen LogP contribution in [0.1, 0.15) is 30.4 Å². The zero-order chi connectivity index (χ0) is 16.5. The van der Waals surface area contributed by atoms with E-state index in [0.717, 1.165) is 16.7 Å². The molecule has 8 heteroatoms. The molecule has 24 heavy (non-hydrogen) atoms. The summed E-state index contributed by atoms with van der Waals surface area (Å²) in [6, 6.07) is 3.76. The molecular formula is C16H16N4O4. The number of rotatable bonds is 3. The highest BCUT2D eigenvalue weighted by Crippen LogP contribution is 2.39. The van der Waals surface area contributed by atoms with Crippen LogP contribution in [-0.2, 0) is 0 Å². The molecule has 1 aliphatic rings. The second kappa shape index (κ2) is 5.95. The Morgan fingerprint density at radius 1 is 1.38 bits per heavy atom. The third kappa shape index (κ3) is 2.60. The van der Waals surface area contributed by atoms with Gasteiger partial charge in [-0.3, -0.25) is 4.98 Å². The van der Waals surface area contributed by atoms with Gasteiger partial charge in [-0.05, 0) is 30.9 Å². The van der Waals surface area contributed by atoms with Crippen molar-refractivity contribution in [1.82, 2.24) is 20.0 Å². The summed E-state index contributed by atoms with van der Waals surface area (Å²) in [6.45, 7) is 0.985. The van der Waals surface area contributed by atoms with Gasteiger partial charge in [0.25, 0.3) is 0 Å². The van der Waals surface area contributed by atoms with E-state index >= 15 is 0 Å². The number of pyridine rings is 1. The van der Waals surface area contributed by atoms with Crippen molar-refractivity contribution in [1.29, 1.82) is 0 Å². The van der Waals surface area contributed by atoms with Gasteiger partial charge >= 0.3 is 6.09 Å². The molecular weight excluding hydrogens is 312 g/mol. The number of amides is 1. The lowest BCUT2D eigenvalue weighted by Gasteiger charge is -2.32. The van der Waals surface area contributed by atoms with Crippen LogP contribution < -0.4 is 0 Å². The number of carboxylic acid groups (broad SMARTS) is 1. The standard InChI is InChI=1S/C16H16N4O4/c21-16(22)20-5-2-10(3-6-20)14(15-18-9-19-24-15)13-7-11-8-17-4-1-12(11)23-13/h1,4,7-10,14H,2-3,5-6H2,(H,21,22). The minimum atomic E-state index is -0.877. The van der Waals surface area contributed by atoms with E-state index in [1.54, 1.807) is 12.4 Å². The third-order valence-corrected chi connectivity index (χ3v) is 4.57. The van der Waals surface area contributed by atoms with Crippen molar-refractivity contribution in [3.8, 4) is 0 Å². The molecule has 0 saturated carbocycles. The first-order chi connectivity index (χ1) is 11.7. The van der Waals surface area contributed by atoms with E-state index < -0.39 is 6.09 Å². The molecule has 0 aromatic carbocycles. The van der Waals surface area contributed by atoms with E-state index in [-0.39, 0.29) is 11.8 Å². The highest BCUT2D eigenvalue weighted by Gasteiger charge is 2.35. The zero-order valence-corrected chi connectivity index (χ0v) is 12.8. The van der Waals surface area contributed by atoms with E-state index in [2.05, 4.69) is 15.1 Å². The minimum Gasteiger partial charge on any atom is -0.465 e. The van der Waals surface area contributed by atoms with Crippen LogP contribution in [0.5, 0.6) is 0 Å². The molecule has 0 bridgehead atoms. The van der Waals surface area contributed by atoms with Crippen LogP contribution in [0.25, 0.3) is 11.0 Å². The molecule has 1 atom stereocenters. The van der Waals surface area contributed by atoms with Gasteiger partial charge in [0.05, 0.1) is 5.92 Å². The second-order valence-electron chi connectivity index (χ2n) is 5.93. The number of piperidine rings is 1. The van der Waals surface area contributed by atoms with Crippen LogP contribution in [-0.4, -0.2) is 44.3 Å². The van der Waals surface area contributed by atoms with Gasteiger partial charge in [-0.2, -0.15) is 4.98 Å². The summed E-state index contributed by atoms with van der Waals surface area (Å²) in [5.41, 5.74) is 0.757. The average Bonchev–Trinajstić information content (AvgIpc) is 3.25. The topological polar surface area (TPSA) is 105 Å². The molecule has 1 fully saturated rings. The molecule has 0 spiro atoms. The van der Waals surface area contributed by atoms with Crippen molar-refractivity contribution >= 4 is 17.1 Å². The first kappa shape index (κ1) is 14.7. The molecule has 1 saturated heterocycles. The van der Waals surface area contributed by atoms with Crippen LogP contribution in [0, 0.1) is 5.92 Å². The Bertz CT molecular complexity index is 804. The third-order valence-electron chi connectivity index (χ3n) is 4.57. The Balaban J connectivity index is 1.67. The molecule has 3 aromatic rings. The van der Waals surface area contributed by atoms with E-state index in [9.17, 15) is 4.79 Å². The van der Waals surface area contributed by atoms with Gasteiger partial charge in [0, 0.05) is 30.9 Å². The Kier molecular flexibility index (Phi) is 3.64. The van der Waals surface area contributed by atoms with Crippen molar-refractivity contribution < 1.29 is 18.8 Å². The Labute approximate surface area is 137 Å². The maximum Gasteiger partial charge on any atom is 0.407 e. The maximum atomic E-state index is 11.1. The number of hydrogen-bond acceptors (Lipinski definition) is 6. The molecule has 8 nitrogen and oxygen atoms in total. The van der Waals surface area contributed by atoms with Crippen molar-refractivity contribution in [2.24, 2.45) is 5.92 Å². The Hall–Kier alpha value is -2.90. The summed E-state index contributed by atoms with van der Waals surface area (Å²) in [7, 11) is 0. The number of fused-ring (bicyclic) bond motifs is 1. The number of carbonyl (C=O) groups is 1. The SMILES string of the molecule is O=C(O)N1CCC(C(c2cc3cnccc3o2)c2ncno2)CC1. The summed E-state index contributed by atoms with van der Waals surface area (Å²) in [5.74, 6) is 1.23. The number of nitrogens with zero attached hydrogens (tertiary/aromatic N) is 4. The first-order valence-corrected chi connectivity index (χ1v) is 7.80. The highest BCUT2D eigenvalue weighted by atomic mass is 16.5.